The van der Waals surface area contributed by atoms with Crippen molar-refractivity contribution < 1.29 is 40.4 Å². The Kier molecular flexibility index (Phi) is 11.7. The van der Waals surface area contributed by atoms with Crippen LogP contribution in [0.1, 0.15) is 27.4 Å². The zero-order valence-corrected chi connectivity index (χ0v) is 31.6. The van der Waals surface area contributed by atoms with Crippen LogP contribution in [0.3, 0.4) is 0 Å². The van der Waals surface area contributed by atoms with Gasteiger partial charge in [-0.1, -0.05) is 30.3 Å². The highest BCUT2D eigenvalue weighted by atomic mass is 32.2. The van der Waals surface area contributed by atoms with Crippen LogP contribution in [0, 0.1) is 13.8 Å². The van der Waals surface area contributed by atoms with Crippen LogP contribution in [0.2, 0.25) is 0 Å². The molecule has 0 bridgehead atoms. The molecule has 0 aliphatic carbocycles. The number of alkyl halides is 3. The number of hydrogen-bond donors (Lipinski definition) is 2. The monoisotopic (exact) mass is 791 g/mol. The average Bonchev–Trinajstić information content (AvgIpc) is 3.66. The quantitative estimate of drug-likeness (QED) is 0.153. The summed E-state index contributed by atoms with van der Waals surface area (Å²) in [5, 5.41) is 5.05. The van der Waals surface area contributed by atoms with Crippen molar-refractivity contribution in [3.8, 4) is 23.1 Å². The third-order valence-electron chi connectivity index (χ3n) is 9.09. The van der Waals surface area contributed by atoms with Crippen LogP contribution < -0.4 is 15.2 Å². The minimum Gasteiger partial charge on any atom is -0.484 e. The standard InChI is InChI=1S/C28H28F3N5O3.C11H12N2O3S/c1-34-24-15-23(39-26-9-5-21(32)16-33-26)8-4-20(24)14-25(34)27(37)36-12-10-35(11-13-36)17-19-2-6-22(7-3-19)38-18-28(29,30)31;1-8-11(17(14,15)16)9(2)13(12-8)10-6-4-3-5-7-10/h2-9,14-16H,10-13,17-18,32H2,1H3;3-7H,1-2H3,(H,14,15,16). The molecule has 0 saturated carbocycles. The molecule has 0 unspecified atom stereocenters. The fourth-order valence-corrected chi connectivity index (χ4v) is 7.23. The van der Waals surface area contributed by atoms with Crippen molar-refractivity contribution in [1.82, 2.24) is 29.1 Å². The maximum Gasteiger partial charge on any atom is 0.422 e. The predicted octanol–water partition coefficient (Wildman–Crippen LogP) is 6.58. The lowest BCUT2D eigenvalue weighted by atomic mass is 10.2. The van der Waals surface area contributed by atoms with E-state index in [2.05, 4.69) is 15.0 Å². The molecular formula is C39H40F3N7O6S. The van der Waals surface area contributed by atoms with E-state index in [1.165, 1.54) is 10.9 Å². The topological polar surface area (TPSA) is 158 Å². The smallest absolute Gasteiger partial charge is 0.422 e. The van der Waals surface area contributed by atoms with Crippen molar-refractivity contribution in [1.29, 1.82) is 0 Å². The van der Waals surface area contributed by atoms with E-state index in [1.807, 2.05) is 71.1 Å². The zero-order chi connectivity index (χ0) is 40.2. The summed E-state index contributed by atoms with van der Waals surface area (Å²) < 4.78 is 82.5. The summed E-state index contributed by atoms with van der Waals surface area (Å²) in [7, 11) is -2.37. The molecular weight excluding hydrogens is 752 g/mol. The number of nitrogens with two attached hydrogens (primary N) is 1. The maximum absolute atomic E-state index is 13.4. The van der Waals surface area contributed by atoms with Crippen LogP contribution in [0.25, 0.3) is 16.6 Å². The van der Waals surface area contributed by atoms with Crippen LogP contribution in [0.5, 0.6) is 17.4 Å². The van der Waals surface area contributed by atoms with Crippen LogP contribution in [-0.2, 0) is 23.7 Å². The molecule has 294 valence electrons. The normalized spacial score (nSPS) is 13.7. The first kappa shape index (κ1) is 39.8. The van der Waals surface area contributed by atoms with Crippen molar-refractivity contribution in [2.75, 3.05) is 38.5 Å². The number of para-hydroxylation sites is 1. The second-order valence-electron chi connectivity index (χ2n) is 13.2. The maximum atomic E-state index is 13.4. The van der Waals surface area contributed by atoms with Crippen LogP contribution >= 0.6 is 0 Å². The summed E-state index contributed by atoms with van der Waals surface area (Å²) in [6, 6.07) is 26.7. The van der Waals surface area contributed by atoms with Gasteiger partial charge in [-0.25, -0.2) is 9.67 Å². The Labute approximate surface area is 321 Å². The molecule has 56 heavy (non-hydrogen) atoms. The number of carbonyl (C=O) groups is 1. The number of ether oxygens (including phenoxy) is 2. The molecule has 1 saturated heterocycles. The number of aromatic nitrogens is 4. The molecule has 0 atom stereocenters. The van der Waals surface area contributed by atoms with E-state index >= 15 is 0 Å². The van der Waals surface area contributed by atoms with Crippen molar-refractivity contribution in [2.24, 2.45) is 7.05 Å². The number of rotatable bonds is 9. The summed E-state index contributed by atoms with van der Waals surface area (Å²) in [6.45, 7) is 5.01. The van der Waals surface area contributed by atoms with Crippen molar-refractivity contribution in [2.45, 2.75) is 31.5 Å². The highest BCUT2D eigenvalue weighted by molar-refractivity contribution is 7.86. The SMILES string of the molecule is Cc1nn(-c2ccccc2)c(C)c1S(=O)(=O)O.Cn1c(C(=O)N2CCN(Cc3ccc(OCC(F)(F)F)cc3)CC2)cc2ccc(Oc3ccc(N)cn3)cc21. The molecule has 3 aromatic carbocycles. The molecule has 0 radical (unpaired) electrons. The molecule has 6 aromatic rings. The zero-order valence-electron chi connectivity index (χ0n) is 30.8. The van der Waals surface area contributed by atoms with Gasteiger partial charge < -0.3 is 24.7 Å². The fraction of sp³-hybridized carbons (Fsp3) is 0.256. The largest absolute Gasteiger partial charge is 0.484 e. The minimum atomic E-state index is -4.37. The number of nitrogen functional groups attached to an aromatic ring is 1. The lowest BCUT2D eigenvalue weighted by molar-refractivity contribution is -0.153. The van der Waals surface area contributed by atoms with E-state index in [9.17, 15) is 26.4 Å². The summed E-state index contributed by atoms with van der Waals surface area (Å²) in [6.07, 6.45) is -2.84. The van der Waals surface area contributed by atoms with Gasteiger partial charge in [0.15, 0.2) is 6.61 Å². The number of pyridine rings is 1. The molecule has 1 fully saturated rings. The third-order valence-corrected chi connectivity index (χ3v) is 10.2. The number of hydrogen-bond acceptors (Lipinski definition) is 9. The van der Waals surface area contributed by atoms with E-state index in [0.717, 1.165) is 22.2 Å². The second-order valence-corrected chi connectivity index (χ2v) is 14.5. The van der Waals surface area contributed by atoms with Crippen molar-refractivity contribution >= 4 is 32.6 Å². The number of aryl methyl sites for hydroxylation is 2. The molecule has 1 aliphatic rings. The van der Waals surface area contributed by atoms with Gasteiger partial charge in [-0.15, -0.1) is 0 Å². The van der Waals surface area contributed by atoms with Crippen LogP contribution in [0.4, 0.5) is 18.9 Å². The van der Waals surface area contributed by atoms with E-state index in [4.69, 9.17) is 19.8 Å². The highest BCUT2D eigenvalue weighted by Gasteiger charge is 2.29. The van der Waals surface area contributed by atoms with Gasteiger partial charge in [0.2, 0.25) is 5.88 Å². The highest BCUT2D eigenvalue weighted by Crippen LogP contribution is 2.28. The molecule has 4 heterocycles. The van der Waals surface area contributed by atoms with Gasteiger partial charge in [-0.05, 0) is 67.9 Å². The summed E-state index contributed by atoms with van der Waals surface area (Å²) in [4.78, 5) is 21.5. The van der Waals surface area contributed by atoms with Gasteiger partial charge in [0.05, 0.1) is 34.5 Å². The molecule has 1 amide bonds. The number of benzene rings is 3. The third kappa shape index (κ3) is 9.66. The predicted molar refractivity (Wildman–Crippen MR) is 204 cm³/mol. The Morgan fingerprint density at radius 2 is 1.59 bits per heavy atom. The minimum absolute atomic E-state index is 0.0396. The molecule has 3 aromatic heterocycles. The average molecular weight is 792 g/mol. The molecule has 13 nitrogen and oxygen atoms in total. The first-order chi connectivity index (χ1) is 26.6. The summed E-state index contributed by atoms with van der Waals surface area (Å²) in [5.41, 5.74) is 10.1. The Morgan fingerprint density at radius 1 is 0.911 bits per heavy atom. The molecule has 1 aliphatic heterocycles. The van der Waals surface area contributed by atoms with Crippen molar-refractivity contribution in [3.63, 3.8) is 0 Å². The number of amides is 1. The van der Waals surface area contributed by atoms with Gasteiger partial charge in [-0.2, -0.15) is 26.7 Å². The van der Waals surface area contributed by atoms with E-state index in [-0.39, 0.29) is 22.2 Å². The van der Waals surface area contributed by atoms with E-state index in [0.29, 0.717) is 61.4 Å². The molecule has 0 spiro atoms. The fourth-order valence-electron chi connectivity index (χ4n) is 6.36. The van der Waals surface area contributed by atoms with Gasteiger partial charge in [-0.3, -0.25) is 14.2 Å². The van der Waals surface area contributed by atoms with Gasteiger partial charge >= 0.3 is 6.18 Å². The first-order valence-corrected chi connectivity index (χ1v) is 18.9. The van der Waals surface area contributed by atoms with Crippen LogP contribution in [-0.4, -0.2) is 87.0 Å². The van der Waals surface area contributed by atoms with Gasteiger partial charge in [0.25, 0.3) is 16.0 Å². The Hall–Kier alpha value is -5.91. The van der Waals surface area contributed by atoms with E-state index in [1.54, 1.807) is 50.2 Å². The molecule has 17 heteroatoms. The summed E-state index contributed by atoms with van der Waals surface area (Å²) in [5.74, 6) is 1.18. The molecule has 7 rings (SSSR count). The van der Waals surface area contributed by atoms with Gasteiger partial charge in [0.1, 0.15) is 22.1 Å². The Morgan fingerprint density at radius 3 is 2.20 bits per heavy atom. The number of fused-ring (bicyclic) bond motifs is 1. The van der Waals surface area contributed by atoms with Crippen LogP contribution in [0.15, 0.2) is 102 Å². The first-order valence-electron chi connectivity index (χ1n) is 17.4. The number of nitrogens with zero attached hydrogens (tertiary/aromatic N) is 6. The van der Waals surface area contributed by atoms with E-state index < -0.39 is 22.9 Å². The Bertz CT molecular complexity index is 2410. The number of anilines is 1. The number of carbonyl (C=O) groups excluding carboxylic acids is 1. The Balaban J connectivity index is 0.000000261. The lowest BCUT2D eigenvalue weighted by Crippen LogP contribution is -2.48. The molecule has 3 N–H and O–H groups in total. The van der Waals surface area contributed by atoms with Gasteiger partial charge in [0, 0.05) is 57.3 Å². The summed E-state index contributed by atoms with van der Waals surface area (Å²) >= 11 is 0. The second kappa shape index (κ2) is 16.4. The number of halogens is 3. The number of piperazine rings is 1. The lowest BCUT2D eigenvalue weighted by Gasteiger charge is -2.34. The van der Waals surface area contributed by atoms with Crippen molar-refractivity contribution in [3.05, 3.63) is 120 Å².